The van der Waals surface area contributed by atoms with Gasteiger partial charge in [-0.2, -0.15) is 0 Å². The van der Waals surface area contributed by atoms with Crippen molar-refractivity contribution in [2.45, 2.75) is 25.0 Å². The molecule has 11 nitrogen and oxygen atoms in total. The van der Waals surface area contributed by atoms with E-state index in [-0.39, 0.29) is 21.8 Å². The maximum atomic E-state index is 11.9. The Morgan fingerprint density at radius 3 is 2.02 bits per heavy atom. The fraction of sp³-hybridized carbons (Fsp3) is 0.143. The van der Waals surface area contributed by atoms with Crippen LogP contribution < -0.4 is 17.0 Å². The third-order valence-corrected chi connectivity index (χ3v) is 8.88. The lowest BCUT2D eigenvalue weighted by atomic mass is 9.74. The highest BCUT2D eigenvalue weighted by atomic mass is 32.2. The van der Waals surface area contributed by atoms with Crippen molar-refractivity contribution in [3.05, 3.63) is 154 Å². The molecule has 0 fully saturated rings. The predicted octanol–water partition coefficient (Wildman–Crippen LogP) is 4.70. The Morgan fingerprint density at radius 2 is 1.51 bits per heavy atom. The first-order chi connectivity index (χ1) is 22.2. The number of carbonyl (C=O) groups is 1. The number of carboxylic acids is 1. The number of hydrogen-bond donors (Lipinski definition) is 7. The van der Waals surface area contributed by atoms with Crippen LogP contribution in [0.5, 0.6) is 5.75 Å². The monoisotopic (exact) mass is 658 g/mol. The first-order valence-corrected chi connectivity index (χ1v) is 16.0. The van der Waals surface area contributed by atoms with Crippen LogP contribution in [0.1, 0.15) is 29.8 Å². The van der Waals surface area contributed by atoms with E-state index < -0.39 is 26.9 Å². The van der Waals surface area contributed by atoms with E-state index in [0.29, 0.717) is 17.0 Å². The molecule has 2 atom stereocenters. The SMILES string of the molecule is CCS(=O)(=O)C1=CC(C)(N)C(O)(c2ccccc2)C=C1.Nc1ccccc1C(=O)O.O=c1cc[nH][nH]1.Oc1ccc2ccccc2c1. The van der Waals surface area contributed by atoms with Gasteiger partial charge in [-0.25, -0.2) is 13.2 Å². The van der Waals surface area contributed by atoms with E-state index in [1.807, 2.05) is 36.4 Å². The summed E-state index contributed by atoms with van der Waals surface area (Å²) in [5.41, 5.74) is 9.89. The summed E-state index contributed by atoms with van der Waals surface area (Å²) in [6.45, 7) is 3.20. The number of sulfone groups is 1. The average molecular weight is 659 g/mol. The van der Waals surface area contributed by atoms with E-state index in [0.717, 1.165) is 10.8 Å². The molecule has 1 aliphatic rings. The van der Waals surface area contributed by atoms with Gasteiger partial charge < -0.3 is 31.9 Å². The summed E-state index contributed by atoms with van der Waals surface area (Å²) < 4.78 is 23.9. The van der Waals surface area contributed by atoms with Gasteiger partial charge >= 0.3 is 5.97 Å². The normalized spacial score (nSPS) is 18.3. The van der Waals surface area contributed by atoms with Crippen LogP contribution >= 0.6 is 0 Å². The highest BCUT2D eigenvalue weighted by Crippen LogP contribution is 2.38. The predicted molar refractivity (Wildman–Crippen MR) is 184 cm³/mol. The summed E-state index contributed by atoms with van der Waals surface area (Å²) >= 11 is 0. The molecule has 1 aromatic heterocycles. The molecule has 4 aromatic carbocycles. The number of nitrogens with one attached hydrogen (secondary N) is 2. The smallest absolute Gasteiger partial charge is 0.337 e. The minimum atomic E-state index is -3.34. The quantitative estimate of drug-likeness (QED) is 0.133. The van der Waals surface area contributed by atoms with E-state index in [4.69, 9.17) is 21.7 Å². The maximum absolute atomic E-state index is 11.9. The van der Waals surface area contributed by atoms with Gasteiger partial charge in [-0.1, -0.05) is 79.7 Å². The number of fused-ring (bicyclic) bond motifs is 1. The lowest BCUT2D eigenvalue weighted by molar-refractivity contribution is 0.0325. The molecule has 12 heteroatoms. The number of hydrogen-bond acceptors (Lipinski definition) is 8. The van der Waals surface area contributed by atoms with Gasteiger partial charge in [0.2, 0.25) is 0 Å². The van der Waals surface area contributed by atoms with Gasteiger partial charge in [0.05, 0.1) is 21.8 Å². The van der Waals surface area contributed by atoms with Crippen LogP contribution in [0.3, 0.4) is 0 Å². The molecule has 1 heterocycles. The number of aromatic amines is 2. The van der Waals surface area contributed by atoms with E-state index in [9.17, 15) is 23.1 Å². The lowest BCUT2D eigenvalue weighted by Crippen LogP contribution is -2.55. The van der Waals surface area contributed by atoms with Crippen molar-refractivity contribution in [3.63, 3.8) is 0 Å². The number of para-hydroxylation sites is 1. The summed E-state index contributed by atoms with van der Waals surface area (Å²) in [4.78, 5) is 20.5. The van der Waals surface area contributed by atoms with Crippen molar-refractivity contribution < 1.29 is 28.5 Å². The van der Waals surface area contributed by atoms with E-state index in [2.05, 4.69) is 10.2 Å². The third-order valence-electron chi connectivity index (χ3n) is 7.14. The minimum Gasteiger partial charge on any atom is -0.508 e. The maximum Gasteiger partial charge on any atom is 0.337 e. The summed E-state index contributed by atoms with van der Waals surface area (Å²) in [6, 6.07) is 30.1. The highest BCUT2D eigenvalue weighted by Gasteiger charge is 2.45. The second-order valence-corrected chi connectivity index (χ2v) is 12.9. The molecule has 5 aromatic rings. The van der Waals surface area contributed by atoms with Gasteiger partial charge in [-0.15, -0.1) is 0 Å². The molecule has 0 saturated heterocycles. The number of rotatable bonds is 4. The van der Waals surface area contributed by atoms with Crippen LogP contribution in [0, 0.1) is 0 Å². The first kappa shape index (κ1) is 36.0. The van der Waals surface area contributed by atoms with Gasteiger partial charge in [-0.05, 0) is 65.8 Å². The Labute approximate surface area is 272 Å². The van der Waals surface area contributed by atoms with Crippen molar-refractivity contribution in [2.24, 2.45) is 5.73 Å². The Kier molecular flexibility index (Phi) is 12.1. The fourth-order valence-corrected chi connectivity index (χ4v) is 5.47. The summed E-state index contributed by atoms with van der Waals surface area (Å²) in [5, 5.41) is 35.5. The Morgan fingerprint density at radius 1 is 0.894 bits per heavy atom. The molecule has 1 aliphatic carbocycles. The zero-order valence-corrected chi connectivity index (χ0v) is 26.7. The molecule has 0 bridgehead atoms. The number of allylic oxidation sites excluding steroid dienone is 1. The molecule has 2 unspecified atom stereocenters. The number of nitrogen functional groups attached to an aromatic ring is 1. The molecule has 9 N–H and O–H groups in total. The summed E-state index contributed by atoms with van der Waals surface area (Å²) in [5.74, 6) is -0.662. The number of H-pyrrole nitrogens is 2. The van der Waals surface area contributed by atoms with Gasteiger partial charge in [0.15, 0.2) is 9.84 Å². The first-order valence-electron chi connectivity index (χ1n) is 14.4. The average Bonchev–Trinajstić information content (AvgIpc) is 3.54. The zero-order valence-electron chi connectivity index (χ0n) is 25.9. The number of nitrogens with two attached hydrogens (primary N) is 2. The number of benzene rings is 4. The van der Waals surface area contributed by atoms with E-state index in [1.165, 1.54) is 30.4 Å². The molecule has 0 radical (unpaired) electrons. The van der Waals surface area contributed by atoms with Gasteiger partial charge in [0, 0.05) is 18.0 Å². The molecule has 0 aliphatic heterocycles. The van der Waals surface area contributed by atoms with Crippen molar-refractivity contribution in [1.82, 2.24) is 10.2 Å². The second-order valence-electron chi connectivity index (χ2n) is 10.6. The molecule has 246 valence electrons. The minimum absolute atomic E-state index is 0.00299. The van der Waals surface area contributed by atoms with Crippen LogP contribution in [-0.2, 0) is 15.4 Å². The number of aromatic nitrogens is 2. The zero-order chi connectivity index (χ0) is 34.7. The van der Waals surface area contributed by atoms with Crippen molar-refractivity contribution in [1.29, 1.82) is 0 Å². The second kappa shape index (κ2) is 15.7. The molecular formula is C35H38N4O7S. The van der Waals surface area contributed by atoms with E-state index in [1.54, 1.807) is 74.6 Å². The van der Waals surface area contributed by atoms with Crippen molar-refractivity contribution in [2.75, 3.05) is 11.5 Å². The standard InChI is InChI=1S/C15H19NO3S.C10H8O.C7H7NO2.C3H4N2O/c1-3-20(18,19)13-9-10-15(17,14(2,16)11-13)12-7-5-4-6-8-12;11-10-6-5-8-3-1-2-4-9(8)7-10;8-6-4-2-1-3-5(6)7(9)10;6-3-1-2-4-5-3/h4-11,17H,3,16H2,1-2H3;1-7,11H;1-4H,8H2,(H,9,10);1-2H,(H2,4,5,6). The number of aromatic hydroxyl groups is 1. The molecule has 47 heavy (non-hydrogen) atoms. The van der Waals surface area contributed by atoms with Gasteiger partial charge in [-0.3, -0.25) is 9.89 Å². The van der Waals surface area contributed by atoms with Crippen LogP contribution in [0.4, 0.5) is 5.69 Å². The molecule has 6 rings (SSSR count). The molecule has 0 saturated carbocycles. The highest BCUT2D eigenvalue weighted by molar-refractivity contribution is 7.95. The van der Waals surface area contributed by atoms with Crippen LogP contribution in [0.25, 0.3) is 10.8 Å². The number of carboxylic acid groups (broad SMARTS) is 1. The van der Waals surface area contributed by atoms with Crippen LogP contribution in [0.2, 0.25) is 0 Å². The lowest BCUT2D eigenvalue weighted by Gasteiger charge is -2.41. The van der Waals surface area contributed by atoms with Gasteiger partial charge in [0.25, 0.3) is 5.56 Å². The largest absolute Gasteiger partial charge is 0.508 e. The fourth-order valence-electron chi connectivity index (χ4n) is 4.44. The number of aromatic carboxylic acids is 1. The summed E-state index contributed by atoms with van der Waals surface area (Å²) in [6.07, 6.45) is 5.87. The molecule has 0 amide bonds. The van der Waals surface area contributed by atoms with E-state index >= 15 is 0 Å². The topological polar surface area (TPSA) is 213 Å². The number of anilines is 1. The number of phenols is 1. The Hall–Kier alpha value is -5.43. The van der Waals surface area contributed by atoms with Crippen LogP contribution in [0.15, 0.2) is 137 Å². The third kappa shape index (κ3) is 9.53. The Balaban J connectivity index is 0.000000187. The number of phenolic OH excluding ortho intramolecular Hbond substituents is 1. The molecular weight excluding hydrogens is 620 g/mol. The van der Waals surface area contributed by atoms with Crippen molar-refractivity contribution in [3.8, 4) is 5.75 Å². The van der Waals surface area contributed by atoms with Crippen molar-refractivity contribution >= 4 is 32.3 Å². The van der Waals surface area contributed by atoms with Gasteiger partial charge in [0.1, 0.15) is 11.4 Å². The van der Waals surface area contributed by atoms with Crippen LogP contribution in [-0.4, -0.2) is 51.2 Å². The summed E-state index contributed by atoms with van der Waals surface area (Å²) in [7, 11) is -3.34. The number of aliphatic hydroxyl groups is 1. The molecule has 0 spiro atoms. The Bertz CT molecular complexity index is 2000.